The van der Waals surface area contributed by atoms with Crippen LogP contribution in [0.5, 0.6) is 0 Å². The fourth-order valence-corrected chi connectivity index (χ4v) is 3.17. The molecule has 1 aliphatic rings. The van der Waals surface area contributed by atoms with Crippen LogP contribution in [0.1, 0.15) is 47.8 Å². The first kappa shape index (κ1) is 14.8. The summed E-state index contributed by atoms with van der Waals surface area (Å²) < 4.78 is 0. The topological polar surface area (TPSA) is 66.4 Å². The van der Waals surface area contributed by atoms with E-state index in [1.54, 1.807) is 11.4 Å². The average molecular weight is 293 g/mol. The van der Waals surface area contributed by atoms with Gasteiger partial charge in [0.15, 0.2) is 0 Å². The molecule has 5 heteroatoms. The molecular formula is C15H19NO3S. The Morgan fingerprint density at radius 1 is 1.35 bits per heavy atom. The summed E-state index contributed by atoms with van der Waals surface area (Å²) in [6.45, 7) is 2.25. The number of hydrogen-bond donors (Lipinski definition) is 2. The van der Waals surface area contributed by atoms with Gasteiger partial charge in [-0.1, -0.05) is 6.92 Å². The number of aliphatic carboxylic acids is 1. The molecule has 1 aromatic heterocycles. The number of carbonyl (C=O) groups is 2. The molecule has 1 heterocycles. The van der Waals surface area contributed by atoms with E-state index >= 15 is 0 Å². The molecule has 2 N–H and O–H groups in total. The molecule has 1 aliphatic carbocycles. The zero-order chi connectivity index (χ0) is 14.5. The maximum atomic E-state index is 12.1. The van der Waals surface area contributed by atoms with Crippen molar-refractivity contribution in [3.8, 4) is 0 Å². The van der Waals surface area contributed by atoms with Gasteiger partial charge in [-0.15, -0.1) is 11.3 Å². The van der Waals surface area contributed by atoms with E-state index in [-0.39, 0.29) is 11.9 Å². The largest absolute Gasteiger partial charge is 0.478 e. The lowest BCUT2D eigenvalue weighted by Gasteiger charge is -2.26. The molecule has 108 valence electrons. The molecule has 1 saturated carbocycles. The van der Waals surface area contributed by atoms with Crippen molar-refractivity contribution in [3.63, 3.8) is 0 Å². The highest BCUT2D eigenvalue weighted by Gasteiger charge is 2.20. The van der Waals surface area contributed by atoms with E-state index in [1.807, 2.05) is 0 Å². The average Bonchev–Trinajstić information content (AvgIpc) is 2.88. The van der Waals surface area contributed by atoms with Gasteiger partial charge in [-0.2, -0.15) is 0 Å². The zero-order valence-electron chi connectivity index (χ0n) is 11.5. The Morgan fingerprint density at radius 3 is 2.70 bits per heavy atom. The third-order valence-corrected chi connectivity index (χ3v) is 4.52. The second-order valence-corrected chi connectivity index (χ2v) is 6.28. The molecule has 1 aromatic rings. The van der Waals surface area contributed by atoms with Crippen molar-refractivity contribution in [2.45, 2.75) is 38.6 Å². The van der Waals surface area contributed by atoms with Gasteiger partial charge in [-0.3, -0.25) is 4.79 Å². The first-order valence-electron chi connectivity index (χ1n) is 6.85. The molecule has 1 amide bonds. The lowest BCUT2D eigenvalue weighted by atomic mass is 9.87. The van der Waals surface area contributed by atoms with Crippen LogP contribution in [-0.4, -0.2) is 23.0 Å². The van der Waals surface area contributed by atoms with Gasteiger partial charge in [-0.05, 0) is 43.7 Å². The second-order valence-electron chi connectivity index (χ2n) is 5.34. The smallest absolute Gasteiger partial charge is 0.328 e. The van der Waals surface area contributed by atoms with Gasteiger partial charge in [0, 0.05) is 22.4 Å². The fourth-order valence-electron chi connectivity index (χ4n) is 2.39. The van der Waals surface area contributed by atoms with Crippen LogP contribution in [0.4, 0.5) is 0 Å². The van der Waals surface area contributed by atoms with E-state index in [1.165, 1.54) is 30.3 Å². The highest BCUT2D eigenvalue weighted by atomic mass is 32.1. The highest BCUT2D eigenvalue weighted by molar-refractivity contribution is 7.11. The third-order valence-electron chi connectivity index (χ3n) is 3.62. The Balaban J connectivity index is 1.91. The van der Waals surface area contributed by atoms with E-state index in [4.69, 9.17) is 5.11 Å². The Kier molecular flexibility index (Phi) is 4.95. The Bertz CT molecular complexity index is 513. The van der Waals surface area contributed by atoms with E-state index < -0.39 is 5.97 Å². The minimum absolute atomic E-state index is 0.0595. The second kappa shape index (κ2) is 6.70. The van der Waals surface area contributed by atoms with Crippen molar-refractivity contribution >= 4 is 29.3 Å². The van der Waals surface area contributed by atoms with Gasteiger partial charge in [0.2, 0.25) is 0 Å². The van der Waals surface area contributed by atoms with Crippen LogP contribution >= 0.6 is 11.3 Å². The number of carboxylic acids is 1. The van der Waals surface area contributed by atoms with Gasteiger partial charge in [0.25, 0.3) is 5.91 Å². The van der Waals surface area contributed by atoms with Crippen molar-refractivity contribution in [3.05, 3.63) is 28.0 Å². The molecule has 0 spiro atoms. The zero-order valence-corrected chi connectivity index (χ0v) is 12.3. The van der Waals surface area contributed by atoms with Crippen LogP contribution in [0.15, 0.2) is 17.5 Å². The fraction of sp³-hybridized carbons (Fsp3) is 0.467. The number of amides is 1. The van der Waals surface area contributed by atoms with Crippen LogP contribution in [0.25, 0.3) is 6.08 Å². The number of carboxylic acid groups (broad SMARTS) is 1. The molecule has 4 nitrogen and oxygen atoms in total. The lowest BCUT2D eigenvalue weighted by Crippen LogP contribution is -2.37. The maximum Gasteiger partial charge on any atom is 0.328 e. The van der Waals surface area contributed by atoms with Crippen LogP contribution in [0.2, 0.25) is 0 Å². The normalized spacial score (nSPS) is 22.9. The van der Waals surface area contributed by atoms with E-state index in [2.05, 4.69) is 12.2 Å². The summed E-state index contributed by atoms with van der Waals surface area (Å²) >= 11 is 1.37. The minimum atomic E-state index is -0.985. The summed E-state index contributed by atoms with van der Waals surface area (Å²) in [4.78, 5) is 23.3. The summed E-state index contributed by atoms with van der Waals surface area (Å²) in [7, 11) is 0. The first-order valence-corrected chi connectivity index (χ1v) is 7.73. The van der Waals surface area contributed by atoms with E-state index in [9.17, 15) is 9.59 Å². The number of hydrogen-bond acceptors (Lipinski definition) is 3. The molecule has 20 heavy (non-hydrogen) atoms. The monoisotopic (exact) mass is 293 g/mol. The Hall–Kier alpha value is -1.62. The summed E-state index contributed by atoms with van der Waals surface area (Å²) in [5, 5.41) is 13.4. The predicted octanol–water partition coefficient (Wildman–Crippen LogP) is 3.15. The van der Waals surface area contributed by atoms with Crippen LogP contribution < -0.4 is 5.32 Å². The standard InChI is InChI=1S/C15H19NO3S/c1-10-2-4-12(5-3-10)16-15(19)11-8-13(20-9-11)6-7-14(17)18/h6-10,12H,2-5H2,1H3,(H,16,19)(H,17,18)/b7-6+. The molecule has 0 bridgehead atoms. The van der Waals surface area contributed by atoms with Gasteiger partial charge in [-0.25, -0.2) is 4.79 Å². The number of nitrogens with one attached hydrogen (secondary N) is 1. The molecule has 0 saturated heterocycles. The Morgan fingerprint density at radius 2 is 2.05 bits per heavy atom. The van der Waals surface area contributed by atoms with E-state index in [0.29, 0.717) is 5.56 Å². The summed E-state index contributed by atoms with van der Waals surface area (Å²) in [6.07, 6.45) is 7.01. The number of thiophene rings is 1. The van der Waals surface area contributed by atoms with Gasteiger partial charge in [0.1, 0.15) is 0 Å². The molecule has 0 aliphatic heterocycles. The lowest BCUT2D eigenvalue weighted by molar-refractivity contribution is -0.131. The van der Waals surface area contributed by atoms with Crippen molar-refractivity contribution in [1.29, 1.82) is 0 Å². The van der Waals surface area contributed by atoms with Gasteiger partial charge >= 0.3 is 5.97 Å². The van der Waals surface area contributed by atoms with Gasteiger partial charge < -0.3 is 10.4 Å². The van der Waals surface area contributed by atoms with Crippen molar-refractivity contribution in [1.82, 2.24) is 5.32 Å². The molecule has 0 aromatic carbocycles. The summed E-state index contributed by atoms with van der Waals surface area (Å²) in [5.74, 6) is -0.284. The number of rotatable bonds is 4. The van der Waals surface area contributed by atoms with Gasteiger partial charge in [0.05, 0.1) is 5.56 Å². The molecular weight excluding hydrogens is 274 g/mol. The van der Waals surface area contributed by atoms with Crippen LogP contribution in [0, 0.1) is 5.92 Å². The molecule has 2 rings (SSSR count). The van der Waals surface area contributed by atoms with Crippen LogP contribution in [0.3, 0.4) is 0 Å². The SMILES string of the molecule is CC1CCC(NC(=O)c2csc(/C=C/C(=O)O)c2)CC1. The Labute approximate surface area is 122 Å². The first-order chi connectivity index (χ1) is 9.54. The minimum Gasteiger partial charge on any atom is -0.478 e. The maximum absolute atomic E-state index is 12.1. The molecule has 0 unspecified atom stereocenters. The van der Waals surface area contributed by atoms with E-state index in [0.717, 1.165) is 29.7 Å². The van der Waals surface area contributed by atoms with Crippen molar-refractivity contribution in [2.24, 2.45) is 5.92 Å². The third kappa shape index (κ3) is 4.20. The summed E-state index contributed by atoms with van der Waals surface area (Å²) in [6, 6.07) is 2.00. The molecule has 0 atom stereocenters. The molecule has 0 radical (unpaired) electrons. The molecule has 1 fully saturated rings. The summed E-state index contributed by atoms with van der Waals surface area (Å²) in [5.41, 5.74) is 0.610. The van der Waals surface area contributed by atoms with Crippen molar-refractivity contribution < 1.29 is 14.7 Å². The predicted molar refractivity (Wildman–Crippen MR) is 79.9 cm³/mol. The van der Waals surface area contributed by atoms with Crippen molar-refractivity contribution in [2.75, 3.05) is 0 Å². The number of carbonyl (C=O) groups excluding carboxylic acids is 1. The quantitative estimate of drug-likeness (QED) is 0.838. The highest BCUT2D eigenvalue weighted by Crippen LogP contribution is 2.24. The van der Waals surface area contributed by atoms with Crippen LogP contribution in [-0.2, 0) is 4.79 Å².